The van der Waals surface area contributed by atoms with E-state index in [0.29, 0.717) is 19.0 Å². The highest BCUT2D eigenvalue weighted by molar-refractivity contribution is 5.68. The van der Waals surface area contributed by atoms with Crippen LogP contribution < -0.4 is 10.6 Å². The third-order valence-electron chi connectivity index (χ3n) is 5.86. The Balaban J connectivity index is 1.85. The van der Waals surface area contributed by atoms with Crippen LogP contribution in [0.1, 0.15) is 46.1 Å². The van der Waals surface area contributed by atoms with E-state index < -0.39 is 5.60 Å². The van der Waals surface area contributed by atoms with Crippen LogP contribution in [-0.2, 0) is 11.2 Å². The Hall–Kier alpha value is -2.23. The minimum absolute atomic E-state index is 0.136. The number of nitro benzene ring substituents is 1. The summed E-state index contributed by atoms with van der Waals surface area (Å²) in [6, 6.07) is 6.86. The van der Waals surface area contributed by atoms with Gasteiger partial charge in [0.05, 0.1) is 4.92 Å². The van der Waals surface area contributed by atoms with Gasteiger partial charge in [-0.2, -0.15) is 0 Å². The average Bonchev–Trinajstić information content (AvgIpc) is 2.75. The van der Waals surface area contributed by atoms with Crippen LogP contribution in [0.3, 0.4) is 0 Å². The van der Waals surface area contributed by atoms with Crippen LogP contribution >= 0.6 is 0 Å². The summed E-state index contributed by atoms with van der Waals surface area (Å²) in [4.78, 5) is 27.4. The maximum absolute atomic E-state index is 12.7. The van der Waals surface area contributed by atoms with Crippen molar-refractivity contribution in [3.8, 4) is 0 Å². The highest BCUT2D eigenvalue weighted by Gasteiger charge is 2.23. The molecule has 0 spiro atoms. The summed E-state index contributed by atoms with van der Waals surface area (Å²) in [5.74, 6) is 0.516. The van der Waals surface area contributed by atoms with Gasteiger partial charge in [0.15, 0.2) is 0 Å². The highest BCUT2D eigenvalue weighted by Crippen LogP contribution is 2.16. The first-order valence-electron chi connectivity index (χ1n) is 12.5. The zero-order valence-electron chi connectivity index (χ0n) is 21.3. The highest BCUT2D eigenvalue weighted by atomic mass is 16.6. The summed E-state index contributed by atoms with van der Waals surface area (Å²) in [5, 5.41) is 17.7. The minimum atomic E-state index is -0.504. The Morgan fingerprint density at radius 3 is 2.32 bits per heavy atom. The first-order valence-corrected chi connectivity index (χ1v) is 12.5. The summed E-state index contributed by atoms with van der Waals surface area (Å²) in [6.45, 7) is 15.4. The fourth-order valence-corrected chi connectivity index (χ4v) is 4.03. The molecule has 1 aliphatic heterocycles. The molecule has 0 radical (unpaired) electrons. The standard InChI is InChI=1S/C25H43N5O4/c1-21(6-5-7-22-8-10-23(11-9-22)30(32)33)20-28-16-14-26-12-13-27-15-17-29(19-18-28)24(31)34-25(2,3)4/h8-11,21,26-27H,5-7,12-20H2,1-4H3. The van der Waals surface area contributed by atoms with Gasteiger partial charge in [-0.05, 0) is 51.5 Å². The predicted molar refractivity (Wildman–Crippen MR) is 135 cm³/mol. The maximum Gasteiger partial charge on any atom is 0.410 e. The van der Waals surface area contributed by atoms with Crippen molar-refractivity contribution in [3.63, 3.8) is 0 Å². The van der Waals surface area contributed by atoms with Crippen LogP contribution in [0.4, 0.5) is 10.5 Å². The van der Waals surface area contributed by atoms with Gasteiger partial charge < -0.3 is 25.2 Å². The summed E-state index contributed by atoms with van der Waals surface area (Å²) in [6.07, 6.45) is 2.80. The number of ether oxygens (including phenoxy) is 1. The molecule has 1 amide bonds. The molecule has 2 rings (SSSR count). The molecule has 0 saturated carbocycles. The minimum Gasteiger partial charge on any atom is -0.444 e. The topological polar surface area (TPSA) is 100.0 Å². The summed E-state index contributed by atoms with van der Waals surface area (Å²) < 4.78 is 5.62. The molecular formula is C25H43N5O4. The van der Waals surface area contributed by atoms with E-state index in [2.05, 4.69) is 22.5 Å². The number of carbonyl (C=O) groups is 1. The number of aryl methyl sites for hydroxylation is 1. The number of hydrogen-bond donors (Lipinski definition) is 2. The van der Waals surface area contributed by atoms with Gasteiger partial charge in [-0.1, -0.05) is 19.1 Å². The van der Waals surface area contributed by atoms with E-state index in [0.717, 1.165) is 70.6 Å². The van der Waals surface area contributed by atoms with Crippen LogP contribution in [0.25, 0.3) is 0 Å². The molecule has 0 aromatic heterocycles. The molecule has 9 heteroatoms. The van der Waals surface area contributed by atoms with Gasteiger partial charge >= 0.3 is 6.09 Å². The van der Waals surface area contributed by atoms with Gasteiger partial charge in [0.1, 0.15) is 5.60 Å². The second kappa shape index (κ2) is 14.2. The number of rotatable bonds is 7. The molecule has 192 valence electrons. The molecule has 1 aliphatic rings. The molecule has 1 saturated heterocycles. The summed E-state index contributed by atoms with van der Waals surface area (Å²) >= 11 is 0. The Bertz CT molecular complexity index is 751. The Morgan fingerprint density at radius 1 is 1.06 bits per heavy atom. The molecule has 2 N–H and O–H groups in total. The molecule has 1 unspecified atom stereocenters. The van der Waals surface area contributed by atoms with E-state index in [1.807, 2.05) is 37.8 Å². The molecule has 1 aromatic rings. The van der Waals surface area contributed by atoms with E-state index in [-0.39, 0.29) is 16.7 Å². The number of hydrogen-bond acceptors (Lipinski definition) is 7. The van der Waals surface area contributed by atoms with Crippen molar-refractivity contribution in [2.75, 3.05) is 58.9 Å². The van der Waals surface area contributed by atoms with Gasteiger partial charge in [0, 0.05) is 71.0 Å². The number of amides is 1. The van der Waals surface area contributed by atoms with E-state index in [9.17, 15) is 14.9 Å². The third kappa shape index (κ3) is 11.3. The lowest BCUT2D eigenvalue weighted by Gasteiger charge is -2.31. The number of benzene rings is 1. The number of nitro groups is 1. The van der Waals surface area contributed by atoms with Crippen LogP contribution in [0.5, 0.6) is 0 Å². The molecule has 1 heterocycles. The molecule has 0 aliphatic carbocycles. The molecule has 9 nitrogen and oxygen atoms in total. The van der Waals surface area contributed by atoms with Crippen molar-refractivity contribution in [2.24, 2.45) is 5.92 Å². The number of non-ortho nitro benzene ring substituents is 1. The number of nitrogens with zero attached hydrogens (tertiary/aromatic N) is 3. The fraction of sp³-hybridized carbons (Fsp3) is 0.720. The molecule has 34 heavy (non-hydrogen) atoms. The predicted octanol–water partition coefficient (Wildman–Crippen LogP) is 3.29. The van der Waals surface area contributed by atoms with E-state index in [1.165, 1.54) is 0 Å². The largest absolute Gasteiger partial charge is 0.444 e. The van der Waals surface area contributed by atoms with Gasteiger partial charge in [-0.15, -0.1) is 0 Å². The van der Waals surface area contributed by atoms with E-state index in [4.69, 9.17) is 4.74 Å². The van der Waals surface area contributed by atoms with Crippen molar-refractivity contribution in [3.05, 3.63) is 39.9 Å². The summed E-state index contributed by atoms with van der Waals surface area (Å²) in [7, 11) is 0. The quantitative estimate of drug-likeness (QED) is 0.459. The molecule has 0 bridgehead atoms. The fourth-order valence-electron chi connectivity index (χ4n) is 4.03. The lowest BCUT2D eigenvalue weighted by Crippen LogP contribution is -2.47. The van der Waals surface area contributed by atoms with Crippen molar-refractivity contribution >= 4 is 11.8 Å². The molecule has 1 fully saturated rings. The zero-order chi connectivity index (χ0) is 25.0. The van der Waals surface area contributed by atoms with Crippen LogP contribution in [0.2, 0.25) is 0 Å². The first-order chi connectivity index (χ1) is 16.1. The van der Waals surface area contributed by atoms with Crippen LogP contribution in [-0.4, -0.2) is 85.3 Å². The van der Waals surface area contributed by atoms with Crippen molar-refractivity contribution in [2.45, 2.75) is 52.6 Å². The second-order valence-electron chi connectivity index (χ2n) is 10.2. The third-order valence-corrected chi connectivity index (χ3v) is 5.86. The lowest BCUT2D eigenvalue weighted by molar-refractivity contribution is -0.384. The first kappa shape index (κ1) is 28.0. The van der Waals surface area contributed by atoms with E-state index in [1.54, 1.807) is 12.1 Å². The smallest absolute Gasteiger partial charge is 0.410 e. The number of carbonyl (C=O) groups excluding carboxylic acids is 1. The van der Waals surface area contributed by atoms with Gasteiger partial charge in [-0.3, -0.25) is 10.1 Å². The van der Waals surface area contributed by atoms with Gasteiger partial charge in [0.2, 0.25) is 0 Å². The SMILES string of the molecule is CC(CCCc1ccc([N+](=O)[O-])cc1)CN1CCNCCNCCN(C(=O)OC(C)(C)C)CC1. The molecule has 1 atom stereocenters. The number of nitrogens with one attached hydrogen (secondary N) is 2. The van der Waals surface area contributed by atoms with E-state index >= 15 is 0 Å². The Kier molecular flexibility index (Phi) is 11.7. The Labute approximate surface area is 204 Å². The van der Waals surface area contributed by atoms with Gasteiger partial charge in [-0.25, -0.2) is 4.79 Å². The second-order valence-corrected chi connectivity index (χ2v) is 10.2. The Morgan fingerprint density at radius 2 is 1.71 bits per heavy atom. The van der Waals surface area contributed by atoms with Crippen molar-refractivity contribution in [1.82, 2.24) is 20.4 Å². The summed E-state index contributed by atoms with van der Waals surface area (Å²) in [5.41, 5.74) is 0.767. The van der Waals surface area contributed by atoms with Crippen molar-refractivity contribution in [1.29, 1.82) is 0 Å². The van der Waals surface area contributed by atoms with Crippen LogP contribution in [0, 0.1) is 16.0 Å². The lowest BCUT2D eigenvalue weighted by atomic mass is 10.0. The van der Waals surface area contributed by atoms with Crippen molar-refractivity contribution < 1.29 is 14.5 Å². The normalized spacial score (nSPS) is 17.9. The van der Waals surface area contributed by atoms with Crippen LogP contribution in [0.15, 0.2) is 24.3 Å². The molecule has 1 aromatic carbocycles. The zero-order valence-corrected chi connectivity index (χ0v) is 21.3. The average molecular weight is 478 g/mol. The van der Waals surface area contributed by atoms with Gasteiger partial charge in [0.25, 0.3) is 5.69 Å². The monoisotopic (exact) mass is 477 g/mol. The maximum atomic E-state index is 12.7. The molecular weight excluding hydrogens is 434 g/mol.